The zero-order chi connectivity index (χ0) is 16.4. The zero-order valence-electron chi connectivity index (χ0n) is 14.0. The summed E-state index contributed by atoms with van der Waals surface area (Å²) in [7, 11) is 0. The molecule has 0 aliphatic heterocycles. The van der Waals surface area contributed by atoms with Gasteiger partial charge in [0.25, 0.3) is 5.91 Å². The summed E-state index contributed by atoms with van der Waals surface area (Å²) >= 11 is 0. The Labute approximate surface area is 142 Å². The molecule has 0 bridgehead atoms. The van der Waals surface area contributed by atoms with Gasteiger partial charge in [-0.15, -0.1) is 0 Å². The fourth-order valence-electron chi connectivity index (χ4n) is 4.07. The molecule has 2 heterocycles. The number of amides is 1. The Morgan fingerprint density at radius 2 is 1.88 bits per heavy atom. The molecule has 4 rings (SSSR count). The van der Waals surface area contributed by atoms with Gasteiger partial charge in [-0.1, -0.05) is 12.8 Å². The van der Waals surface area contributed by atoms with Crippen LogP contribution >= 0.6 is 0 Å². The van der Waals surface area contributed by atoms with Crippen molar-refractivity contribution in [1.82, 2.24) is 20.1 Å². The Kier molecular flexibility index (Phi) is 4.32. The van der Waals surface area contributed by atoms with Crippen LogP contribution in [0.1, 0.15) is 71.9 Å². The minimum Gasteiger partial charge on any atom is -0.346 e. The summed E-state index contributed by atoms with van der Waals surface area (Å²) in [6.07, 6.45) is 13.1. The van der Waals surface area contributed by atoms with Crippen molar-refractivity contribution in [2.75, 3.05) is 0 Å². The molecule has 0 spiro atoms. The maximum absolute atomic E-state index is 12.3. The minimum absolute atomic E-state index is 0.0580. The van der Waals surface area contributed by atoms with Crippen LogP contribution in [0, 0.1) is 0 Å². The average molecular weight is 324 g/mol. The van der Waals surface area contributed by atoms with E-state index in [0.717, 1.165) is 18.5 Å². The van der Waals surface area contributed by atoms with Gasteiger partial charge in [0.05, 0.1) is 18.3 Å². The molecule has 5 heteroatoms. The van der Waals surface area contributed by atoms with Crippen molar-refractivity contribution in [3.05, 3.63) is 47.0 Å². The maximum Gasteiger partial charge on any atom is 0.251 e. The second kappa shape index (κ2) is 6.75. The lowest BCUT2D eigenvalue weighted by molar-refractivity contribution is 0.0950. The van der Waals surface area contributed by atoms with E-state index in [0.29, 0.717) is 18.2 Å². The summed E-state index contributed by atoms with van der Waals surface area (Å²) < 4.78 is 2.30. The smallest absolute Gasteiger partial charge is 0.251 e. The number of nitrogens with zero attached hydrogens (tertiary/aromatic N) is 3. The highest BCUT2D eigenvalue weighted by Gasteiger charge is 2.26. The van der Waals surface area contributed by atoms with Crippen molar-refractivity contribution in [1.29, 1.82) is 0 Å². The second-order valence-electron chi connectivity index (χ2n) is 6.88. The number of carbonyl (C=O) groups excluding carboxylic acids is 1. The topological polar surface area (TPSA) is 59.8 Å². The summed E-state index contributed by atoms with van der Waals surface area (Å²) in [5.41, 5.74) is 4.54. The molecule has 2 aliphatic rings. The number of rotatable bonds is 4. The van der Waals surface area contributed by atoms with Crippen molar-refractivity contribution in [2.45, 2.75) is 64.0 Å². The molecule has 1 fully saturated rings. The van der Waals surface area contributed by atoms with E-state index in [-0.39, 0.29) is 5.91 Å². The Hall–Kier alpha value is -2.17. The average Bonchev–Trinajstić information content (AvgIpc) is 3.28. The minimum atomic E-state index is -0.0580. The van der Waals surface area contributed by atoms with Crippen LogP contribution in [0.4, 0.5) is 0 Å². The van der Waals surface area contributed by atoms with Gasteiger partial charge in [0.2, 0.25) is 0 Å². The van der Waals surface area contributed by atoms with Gasteiger partial charge >= 0.3 is 0 Å². The first kappa shape index (κ1) is 15.4. The van der Waals surface area contributed by atoms with Gasteiger partial charge in [-0.05, 0) is 56.2 Å². The van der Waals surface area contributed by atoms with Crippen LogP contribution in [0.3, 0.4) is 0 Å². The lowest BCUT2D eigenvalue weighted by atomic mass is 9.95. The Bertz CT molecular complexity index is 716. The van der Waals surface area contributed by atoms with Crippen molar-refractivity contribution in [3.63, 3.8) is 0 Å². The lowest BCUT2D eigenvalue weighted by Crippen LogP contribution is -2.23. The summed E-state index contributed by atoms with van der Waals surface area (Å²) in [6.45, 7) is 0.517. The van der Waals surface area contributed by atoms with E-state index < -0.39 is 0 Å². The quantitative estimate of drug-likeness (QED) is 0.939. The van der Waals surface area contributed by atoms with Gasteiger partial charge in [0.1, 0.15) is 0 Å². The number of fused-ring (bicyclic) bond motifs is 1. The molecule has 0 radical (unpaired) electrons. The normalized spacial score (nSPS) is 17.7. The fourth-order valence-corrected chi connectivity index (χ4v) is 4.07. The van der Waals surface area contributed by atoms with Gasteiger partial charge in [-0.3, -0.25) is 14.5 Å². The highest BCUT2D eigenvalue weighted by molar-refractivity contribution is 5.93. The predicted molar refractivity (Wildman–Crippen MR) is 91.8 cm³/mol. The molecule has 0 atom stereocenters. The third-order valence-corrected chi connectivity index (χ3v) is 5.32. The summed E-state index contributed by atoms with van der Waals surface area (Å²) in [6, 6.07) is 4.05. The van der Waals surface area contributed by atoms with Crippen LogP contribution in [-0.2, 0) is 19.4 Å². The van der Waals surface area contributed by atoms with Gasteiger partial charge in [0.15, 0.2) is 0 Å². The first-order valence-corrected chi connectivity index (χ1v) is 9.10. The zero-order valence-corrected chi connectivity index (χ0v) is 14.0. The molecule has 2 aromatic heterocycles. The third kappa shape index (κ3) is 2.95. The van der Waals surface area contributed by atoms with E-state index in [1.165, 1.54) is 49.8 Å². The van der Waals surface area contributed by atoms with E-state index >= 15 is 0 Å². The van der Waals surface area contributed by atoms with E-state index in [1.54, 1.807) is 24.5 Å². The summed E-state index contributed by atoms with van der Waals surface area (Å²) in [5.74, 6) is -0.0580. The van der Waals surface area contributed by atoms with Crippen LogP contribution in [0.25, 0.3) is 0 Å². The van der Waals surface area contributed by atoms with Gasteiger partial charge < -0.3 is 5.32 Å². The van der Waals surface area contributed by atoms with Crippen molar-refractivity contribution in [2.24, 2.45) is 0 Å². The molecule has 24 heavy (non-hydrogen) atoms. The number of hydrogen-bond donors (Lipinski definition) is 1. The molecule has 0 unspecified atom stereocenters. The molecule has 1 amide bonds. The number of aromatic nitrogens is 3. The lowest BCUT2D eigenvalue weighted by Gasteiger charge is -2.18. The van der Waals surface area contributed by atoms with E-state index in [2.05, 4.69) is 15.0 Å². The fraction of sp³-hybridized carbons (Fsp3) is 0.526. The molecule has 1 N–H and O–H groups in total. The molecule has 126 valence electrons. The number of carbonyl (C=O) groups is 1. The number of nitrogens with one attached hydrogen (secondary N) is 1. The number of hydrogen-bond acceptors (Lipinski definition) is 3. The SMILES string of the molecule is O=C(NCc1nn(C2CCCC2)c2c1CCCC2)c1ccncc1. The Morgan fingerprint density at radius 1 is 1.12 bits per heavy atom. The van der Waals surface area contributed by atoms with E-state index in [9.17, 15) is 4.79 Å². The maximum atomic E-state index is 12.3. The predicted octanol–water partition coefficient (Wildman–Crippen LogP) is 3.20. The monoisotopic (exact) mass is 324 g/mol. The standard InChI is InChI=1S/C19H24N4O/c24-19(14-9-11-20-12-10-14)21-13-17-16-7-3-4-8-18(16)23(22-17)15-5-1-2-6-15/h9-12,15H,1-8,13H2,(H,21,24). The molecule has 5 nitrogen and oxygen atoms in total. The largest absolute Gasteiger partial charge is 0.346 e. The van der Waals surface area contributed by atoms with Crippen LogP contribution in [-0.4, -0.2) is 20.7 Å². The van der Waals surface area contributed by atoms with Crippen LogP contribution in [0.15, 0.2) is 24.5 Å². The first-order chi connectivity index (χ1) is 11.8. The van der Waals surface area contributed by atoms with Crippen molar-refractivity contribution in [3.8, 4) is 0 Å². The summed E-state index contributed by atoms with van der Waals surface area (Å²) in [5, 5.41) is 7.96. The molecule has 1 saturated carbocycles. The molecule has 0 saturated heterocycles. The molecular formula is C19H24N4O. The highest BCUT2D eigenvalue weighted by atomic mass is 16.1. The highest BCUT2D eigenvalue weighted by Crippen LogP contribution is 2.34. The van der Waals surface area contributed by atoms with E-state index in [1.807, 2.05) is 0 Å². The molecule has 0 aromatic carbocycles. The first-order valence-electron chi connectivity index (χ1n) is 9.10. The van der Waals surface area contributed by atoms with Crippen molar-refractivity contribution < 1.29 is 4.79 Å². The van der Waals surface area contributed by atoms with Gasteiger partial charge in [0, 0.05) is 23.7 Å². The molecule has 2 aromatic rings. The Morgan fingerprint density at radius 3 is 2.67 bits per heavy atom. The van der Waals surface area contributed by atoms with Crippen LogP contribution in [0.2, 0.25) is 0 Å². The van der Waals surface area contributed by atoms with E-state index in [4.69, 9.17) is 5.10 Å². The Balaban J connectivity index is 1.53. The second-order valence-corrected chi connectivity index (χ2v) is 6.88. The molecule has 2 aliphatic carbocycles. The van der Waals surface area contributed by atoms with Gasteiger partial charge in [-0.2, -0.15) is 5.10 Å². The van der Waals surface area contributed by atoms with Crippen LogP contribution < -0.4 is 5.32 Å². The molecular weight excluding hydrogens is 300 g/mol. The number of pyridine rings is 1. The van der Waals surface area contributed by atoms with Gasteiger partial charge in [-0.25, -0.2) is 0 Å². The van der Waals surface area contributed by atoms with Crippen LogP contribution in [0.5, 0.6) is 0 Å². The third-order valence-electron chi connectivity index (χ3n) is 5.32. The summed E-state index contributed by atoms with van der Waals surface area (Å²) in [4.78, 5) is 16.2. The van der Waals surface area contributed by atoms with Crippen molar-refractivity contribution >= 4 is 5.91 Å².